The Morgan fingerprint density at radius 1 is 0.472 bits per heavy atom. The molecule has 4 nitrogen and oxygen atoms in total. The van der Waals surface area contributed by atoms with Gasteiger partial charge in [-0.2, -0.15) is 0 Å². The van der Waals surface area contributed by atoms with E-state index in [-0.39, 0.29) is 0 Å². The Kier molecular flexibility index (Phi) is 3.25. The van der Waals surface area contributed by atoms with Crippen LogP contribution in [-0.2, 0) is 0 Å². The first-order valence-corrected chi connectivity index (χ1v) is 12.2. The van der Waals surface area contributed by atoms with E-state index in [1.807, 2.05) is 24.3 Å². The molecule has 0 bridgehead atoms. The molecular formula is C32H18N4. The first kappa shape index (κ1) is 18.4. The van der Waals surface area contributed by atoms with Crippen molar-refractivity contribution < 1.29 is 0 Å². The molecule has 0 N–H and O–H groups in total. The summed E-state index contributed by atoms with van der Waals surface area (Å²) >= 11 is 0. The van der Waals surface area contributed by atoms with E-state index in [2.05, 4.69) is 93.9 Å². The van der Waals surface area contributed by atoms with Gasteiger partial charge < -0.3 is 4.57 Å². The molecule has 0 amide bonds. The van der Waals surface area contributed by atoms with Crippen molar-refractivity contribution in [2.75, 3.05) is 0 Å². The zero-order chi connectivity index (χ0) is 23.4. The molecule has 36 heavy (non-hydrogen) atoms. The highest BCUT2D eigenvalue weighted by Crippen LogP contribution is 2.40. The lowest BCUT2D eigenvalue weighted by Crippen LogP contribution is -1.94. The van der Waals surface area contributed by atoms with Gasteiger partial charge >= 0.3 is 0 Å². The predicted octanol–water partition coefficient (Wildman–Crippen LogP) is 7.88. The summed E-state index contributed by atoms with van der Waals surface area (Å²) in [5.41, 5.74) is 9.67. The summed E-state index contributed by atoms with van der Waals surface area (Å²) in [5, 5.41) is 6.15. The molecule has 4 heterocycles. The molecule has 0 radical (unpaired) electrons. The Balaban J connectivity index is 1.43. The summed E-state index contributed by atoms with van der Waals surface area (Å²) in [6, 6.07) is 38.8. The predicted molar refractivity (Wildman–Crippen MR) is 149 cm³/mol. The third-order valence-corrected chi connectivity index (χ3v) is 7.63. The Hall–Kier alpha value is -4.96. The van der Waals surface area contributed by atoms with Crippen molar-refractivity contribution in [1.82, 2.24) is 18.9 Å². The highest BCUT2D eigenvalue weighted by atomic mass is 15.0. The lowest BCUT2D eigenvalue weighted by Gasteiger charge is -2.08. The topological polar surface area (TPSA) is 35.1 Å². The van der Waals surface area contributed by atoms with Crippen molar-refractivity contribution in [2.45, 2.75) is 0 Å². The highest BCUT2D eigenvalue weighted by Gasteiger charge is 2.20. The van der Waals surface area contributed by atoms with Gasteiger partial charge in [-0.05, 0) is 42.5 Å². The molecule has 0 saturated heterocycles. The van der Waals surface area contributed by atoms with Crippen molar-refractivity contribution in [3.05, 3.63) is 109 Å². The SMILES string of the molecule is c1ccc2nc3c(nc2c1)c1cccc2c4cc(-n5c6ccccc6c6ccccc65)ccc4n3c21. The molecule has 0 fully saturated rings. The number of rotatable bonds is 1. The van der Waals surface area contributed by atoms with Crippen LogP contribution in [0.5, 0.6) is 0 Å². The average molecular weight is 459 g/mol. The fourth-order valence-electron chi connectivity index (χ4n) is 6.14. The molecule has 4 aromatic heterocycles. The molecule has 0 spiro atoms. The van der Waals surface area contributed by atoms with Crippen LogP contribution in [0.4, 0.5) is 0 Å². The smallest absolute Gasteiger partial charge is 0.165 e. The largest absolute Gasteiger partial charge is 0.309 e. The maximum atomic E-state index is 5.07. The van der Waals surface area contributed by atoms with E-state index in [4.69, 9.17) is 9.97 Å². The maximum Gasteiger partial charge on any atom is 0.165 e. The van der Waals surface area contributed by atoms with Gasteiger partial charge in [0.05, 0.1) is 33.1 Å². The zero-order valence-corrected chi connectivity index (χ0v) is 19.2. The maximum absolute atomic E-state index is 5.07. The van der Waals surface area contributed by atoms with Gasteiger partial charge in [0.15, 0.2) is 5.65 Å². The number of hydrogen-bond donors (Lipinski definition) is 0. The summed E-state index contributed by atoms with van der Waals surface area (Å²) in [4.78, 5) is 10.1. The minimum atomic E-state index is 0.916. The molecule has 0 unspecified atom stereocenters. The molecule has 9 rings (SSSR count). The van der Waals surface area contributed by atoms with Crippen LogP contribution in [0.3, 0.4) is 0 Å². The number of fused-ring (bicyclic) bond motifs is 10. The Morgan fingerprint density at radius 3 is 1.89 bits per heavy atom. The summed E-state index contributed by atoms with van der Waals surface area (Å²) in [5.74, 6) is 0. The van der Waals surface area contributed by atoms with Crippen molar-refractivity contribution >= 4 is 71.2 Å². The fourth-order valence-corrected chi connectivity index (χ4v) is 6.14. The number of benzene rings is 5. The number of hydrogen-bond acceptors (Lipinski definition) is 2. The summed E-state index contributed by atoms with van der Waals surface area (Å²) in [6.45, 7) is 0. The van der Waals surface area contributed by atoms with Gasteiger partial charge in [-0.15, -0.1) is 0 Å². The number of aromatic nitrogens is 4. The standard InChI is InChI=1S/C32H18N4/c1-5-14-27-20(8-1)21-9-2-6-15-28(21)35(27)19-16-17-29-24(18-19)22-10-7-11-23-30-32(36(29)31(22)23)34-26-13-4-3-12-25(26)33-30/h1-18H. The molecule has 0 atom stereocenters. The first-order chi connectivity index (χ1) is 17.9. The van der Waals surface area contributed by atoms with Crippen molar-refractivity contribution in [3.63, 3.8) is 0 Å². The Morgan fingerprint density at radius 2 is 1.11 bits per heavy atom. The quantitative estimate of drug-likeness (QED) is 0.251. The van der Waals surface area contributed by atoms with E-state index in [1.165, 1.54) is 38.1 Å². The van der Waals surface area contributed by atoms with E-state index in [0.29, 0.717) is 0 Å². The van der Waals surface area contributed by atoms with Crippen LogP contribution in [0.1, 0.15) is 0 Å². The van der Waals surface area contributed by atoms with Gasteiger partial charge in [0.2, 0.25) is 0 Å². The van der Waals surface area contributed by atoms with E-state index < -0.39 is 0 Å². The van der Waals surface area contributed by atoms with Crippen LogP contribution < -0.4 is 0 Å². The highest BCUT2D eigenvalue weighted by molar-refractivity contribution is 6.22. The summed E-state index contributed by atoms with van der Waals surface area (Å²) in [6.07, 6.45) is 0. The first-order valence-electron chi connectivity index (χ1n) is 12.2. The van der Waals surface area contributed by atoms with Crippen LogP contribution in [0.2, 0.25) is 0 Å². The lowest BCUT2D eigenvalue weighted by molar-refractivity contribution is 1.18. The van der Waals surface area contributed by atoms with Crippen molar-refractivity contribution in [1.29, 1.82) is 0 Å². The molecule has 166 valence electrons. The molecule has 0 aliphatic carbocycles. The van der Waals surface area contributed by atoms with Crippen LogP contribution in [0.15, 0.2) is 109 Å². The van der Waals surface area contributed by atoms with Gasteiger partial charge in [0.25, 0.3) is 0 Å². The van der Waals surface area contributed by atoms with E-state index >= 15 is 0 Å². The minimum Gasteiger partial charge on any atom is -0.309 e. The van der Waals surface area contributed by atoms with Gasteiger partial charge in [-0.3, -0.25) is 4.40 Å². The average Bonchev–Trinajstić information content (AvgIpc) is 3.56. The molecule has 0 saturated carbocycles. The van der Waals surface area contributed by atoms with Gasteiger partial charge in [0.1, 0.15) is 5.52 Å². The minimum absolute atomic E-state index is 0.916. The fraction of sp³-hybridized carbons (Fsp3) is 0. The van der Waals surface area contributed by atoms with Crippen LogP contribution >= 0.6 is 0 Å². The second-order valence-corrected chi connectivity index (χ2v) is 9.49. The van der Waals surface area contributed by atoms with Crippen LogP contribution in [0, 0.1) is 0 Å². The lowest BCUT2D eigenvalue weighted by atomic mass is 10.1. The number of para-hydroxylation sites is 5. The second kappa shape index (κ2) is 6.37. The number of nitrogens with zero attached hydrogens (tertiary/aromatic N) is 4. The van der Waals surface area contributed by atoms with Gasteiger partial charge in [0, 0.05) is 32.6 Å². The molecule has 4 heteroatoms. The molecule has 0 aliphatic rings. The normalized spacial score (nSPS) is 12.4. The molecule has 5 aromatic carbocycles. The van der Waals surface area contributed by atoms with Gasteiger partial charge in [-0.25, -0.2) is 9.97 Å². The van der Waals surface area contributed by atoms with E-state index in [9.17, 15) is 0 Å². The van der Waals surface area contributed by atoms with Crippen molar-refractivity contribution in [2.24, 2.45) is 0 Å². The van der Waals surface area contributed by atoms with Crippen molar-refractivity contribution in [3.8, 4) is 5.69 Å². The van der Waals surface area contributed by atoms with E-state index in [0.717, 1.165) is 38.8 Å². The zero-order valence-electron chi connectivity index (χ0n) is 19.2. The summed E-state index contributed by atoms with van der Waals surface area (Å²) < 4.78 is 4.68. The van der Waals surface area contributed by atoms with Crippen LogP contribution in [0.25, 0.3) is 76.9 Å². The Bertz CT molecular complexity index is 2270. The third-order valence-electron chi connectivity index (χ3n) is 7.63. The molecule has 9 aromatic rings. The molecular weight excluding hydrogens is 440 g/mol. The molecule has 0 aliphatic heterocycles. The summed E-state index contributed by atoms with van der Waals surface area (Å²) in [7, 11) is 0. The van der Waals surface area contributed by atoms with Gasteiger partial charge in [-0.1, -0.05) is 66.7 Å². The van der Waals surface area contributed by atoms with E-state index in [1.54, 1.807) is 0 Å². The third kappa shape index (κ3) is 2.15. The Labute approximate surface area is 205 Å². The van der Waals surface area contributed by atoms with Crippen LogP contribution in [-0.4, -0.2) is 18.9 Å². The monoisotopic (exact) mass is 458 g/mol. The second-order valence-electron chi connectivity index (χ2n) is 9.49.